The van der Waals surface area contributed by atoms with Crippen molar-refractivity contribution in [2.45, 2.75) is 0 Å². The molecule has 60 heavy (non-hydrogen) atoms. The molecular formula is C45H43N9O6. The van der Waals surface area contributed by atoms with Crippen LogP contribution in [0.2, 0.25) is 0 Å². The van der Waals surface area contributed by atoms with E-state index in [-0.39, 0.29) is 0 Å². The third kappa shape index (κ3) is 8.95. The number of hydrogen-bond donors (Lipinski definition) is 0. The SMILES string of the molecule is N#Cc1ccc2c(c1)N(c1ncc(Oc3cccc(N4CCOCC4)c3)cn1)CCO2.c1cc(Oc2cnc(N3CCOc4ccccc43)nc2)cc(N2CCOCC2)c1. The molecule has 0 spiro atoms. The van der Waals surface area contributed by atoms with Crippen LogP contribution in [0.15, 0.2) is 116 Å². The summed E-state index contributed by atoms with van der Waals surface area (Å²) in [5, 5.41) is 9.21. The maximum Gasteiger partial charge on any atom is 0.230 e. The summed E-state index contributed by atoms with van der Waals surface area (Å²) in [5.41, 5.74) is 4.57. The van der Waals surface area contributed by atoms with Crippen LogP contribution >= 0.6 is 0 Å². The van der Waals surface area contributed by atoms with E-state index in [4.69, 9.17) is 28.4 Å². The fraction of sp³-hybridized carbons (Fsp3) is 0.267. The van der Waals surface area contributed by atoms with E-state index in [2.05, 4.69) is 52.8 Å². The number of nitrogens with zero attached hydrogens (tertiary/aromatic N) is 9. The number of rotatable bonds is 8. The first kappa shape index (κ1) is 38.4. The first-order valence-corrected chi connectivity index (χ1v) is 20.0. The van der Waals surface area contributed by atoms with E-state index in [0.29, 0.717) is 61.0 Å². The molecule has 304 valence electrons. The standard InChI is InChI=1S/C23H21N5O3.C22H22N4O3/c24-14-17-4-5-22-21(12-17)28(8-11-30-22)23-25-15-20(16-26-23)31-19-3-1-2-18(13-19)27-6-9-29-10-7-27;1-2-7-21-20(6-1)26(10-13-28-21)22-23-15-19(16-24-22)29-18-5-3-4-17(14-18)25-8-11-27-12-9-25/h1-5,12-13,15-16H,6-11H2;1-7,14-16H,8-13H2. The van der Waals surface area contributed by atoms with Gasteiger partial charge in [0.1, 0.15) is 36.2 Å². The molecule has 2 fully saturated rings. The van der Waals surface area contributed by atoms with Crippen LogP contribution in [0.5, 0.6) is 34.5 Å². The Morgan fingerprint density at radius 1 is 0.483 bits per heavy atom. The highest BCUT2D eigenvalue weighted by molar-refractivity contribution is 5.69. The Morgan fingerprint density at radius 2 is 0.983 bits per heavy atom. The highest BCUT2D eigenvalue weighted by Gasteiger charge is 2.23. The summed E-state index contributed by atoms with van der Waals surface area (Å²) in [6, 6.07) is 31.5. The normalized spacial score (nSPS) is 15.8. The van der Waals surface area contributed by atoms with E-state index in [9.17, 15) is 5.26 Å². The third-order valence-corrected chi connectivity index (χ3v) is 10.3. The molecule has 4 aromatic carbocycles. The number of ether oxygens (including phenoxy) is 6. The molecule has 15 heteroatoms. The molecule has 0 bridgehead atoms. The summed E-state index contributed by atoms with van der Waals surface area (Å²) in [5.74, 6) is 5.40. The van der Waals surface area contributed by atoms with Gasteiger partial charge in [-0.2, -0.15) is 5.26 Å². The lowest BCUT2D eigenvalue weighted by Gasteiger charge is -2.29. The van der Waals surface area contributed by atoms with Gasteiger partial charge in [0.25, 0.3) is 0 Å². The average Bonchev–Trinajstić information content (AvgIpc) is 3.32. The van der Waals surface area contributed by atoms with Gasteiger partial charge in [-0.3, -0.25) is 0 Å². The van der Waals surface area contributed by atoms with Crippen LogP contribution in [-0.2, 0) is 9.47 Å². The van der Waals surface area contributed by atoms with Gasteiger partial charge in [0, 0.05) is 49.7 Å². The predicted octanol–water partition coefficient (Wildman–Crippen LogP) is 7.14. The molecule has 2 aromatic heterocycles. The second-order valence-electron chi connectivity index (χ2n) is 14.1. The molecule has 0 saturated carbocycles. The van der Waals surface area contributed by atoms with Gasteiger partial charge in [0.2, 0.25) is 11.9 Å². The number of para-hydroxylation sites is 2. The number of morpholine rings is 2. The predicted molar refractivity (Wildman–Crippen MR) is 226 cm³/mol. The quantitative estimate of drug-likeness (QED) is 0.154. The molecule has 0 unspecified atom stereocenters. The van der Waals surface area contributed by atoms with Gasteiger partial charge in [-0.1, -0.05) is 24.3 Å². The van der Waals surface area contributed by atoms with Gasteiger partial charge in [-0.05, 0) is 54.6 Å². The largest absolute Gasteiger partial charge is 0.490 e. The summed E-state index contributed by atoms with van der Waals surface area (Å²) in [6.07, 6.45) is 6.74. The Kier molecular flexibility index (Phi) is 11.6. The van der Waals surface area contributed by atoms with Crippen molar-refractivity contribution in [1.82, 2.24) is 19.9 Å². The molecule has 6 aromatic rings. The smallest absolute Gasteiger partial charge is 0.230 e. The van der Waals surface area contributed by atoms with Crippen LogP contribution < -0.4 is 38.5 Å². The maximum atomic E-state index is 9.21. The minimum absolute atomic E-state index is 0.523. The maximum absolute atomic E-state index is 9.21. The molecule has 4 aliphatic heterocycles. The number of aromatic nitrogens is 4. The molecule has 0 amide bonds. The van der Waals surface area contributed by atoms with Crippen LogP contribution in [0.3, 0.4) is 0 Å². The Hall–Kier alpha value is -7.15. The number of benzene rings is 4. The van der Waals surface area contributed by atoms with Crippen LogP contribution in [0.25, 0.3) is 0 Å². The van der Waals surface area contributed by atoms with Crippen molar-refractivity contribution in [1.29, 1.82) is 5.26 Å². The van der Waals surface area contributed by atoms with Crippen LogP contribution in [0.1, 0.15) is 5.56 Å². The molecule has 0 atom stereocenters. The molecular weight excluding hydrogens is 763 g/mol. The fourth-order valence-electron chi connectivity index (χ4n) is 7.28. The minimum Gasteiger partial charge on any atom is -0.490 e. The van der Waals surface area contributed by atoms with Gasteiger partial charge in [-0.25, -0.2) is 19.9 Å². The number of anilines is 6. The Labute approximate surface area is 347 Å². The Morgan fingerprint density at radius 3 is 1.52 bits per heavy atom. The molecule has 15 nitrogen and oxygen atoms in total. The third-order valence-electron chi connectivity index (χ3n) is 10.3. The van der Waals surface area contributed by atoms with Gasteiger partial charge in [-0.15, -0.1) is 0 Å². The summed E-state index contributed by atoms with van der Waals surface area (Å²) >= 11 is 0. The Bertz CT molecular complexity index is 2420. The lowest BCUT2D eigenvalue weighted by molar-refractivity contribution is 0.122. The molecule has 0 N–H and O–H groups in total. The monoisotopic (exact) mass is 805 g/mol. The Balaban J connectivity index is 0.000000154. The van der Waals surface area contributed by atoms with Crippen LogP contribution in [0, 0.1) is 11.3 Å². The van der Waals surface area contributed by atoms with Gasteiger partial charge in [0.05, 0.1) is 87.3 Å². The van der Waals surface area contributed by atoms with Gasteiger partial charge < -0.3 is 48.0 Å². The summed E-state index contributed by atoms with van der Waals surface area (Å²) in [4.78, 5) is 26.6. The molecule has 10 rings (SSSR count). The van der Waals surface area contributed by atoms with Crippen molar-refractivity contribution < 1.29 is 28.4 Å². The molecule has 6 heterocycles. The first-order chi connectivity index (χ1) is 29.7. The van der Waals surface area contributed by atoms with Crippen molar-refractivity contribution in [2.75, 3.05) is 98.5 Å². The molecule has 0 aliphatic carbocycles. The second kappa shape index (κ2) is 18.2. The molecule has 2 saturated heterocycles. The van der Waals surface area contributed by atoms with Crippen molar-refractivity contribution in [3.05, 3.63) is 121 Å². The van der Waals surface area contributed by atoms with Gasteiger partial charge in [0.15, 0.2) is 11.5 Å². The average molecular weight is 806 g/mol. The van der Waals surface area contributed by atoms with Crippen molar-refractivity contribution >= 4 is 34.6 Å². The second-order valence-corrected chi connectivity index (χ2v) is 14.1. The first-order valence-electron chi connectivity index (χ1n) is 20.0. The minimum atomic E-state index is 0.523. The number of hydrogen-bond acceptors (Lipinski definition) is 15. The van der Waals surface area contributed by atoms with E-state index < -0.39 is 0 Å². The van der Waals surface area contributed by atoms with Crippen molar-refractivity contribution in [3.8, 4) is 40.6 Å². The fourth-order valence-corrected chi connectivity index (χ4v) is 7.28. The highest BCUT2D eigenvalue weighted by Crippen LogP contribution is 2.37. The summed E-state index contributed by atoms with van der Waals surface area (Å²) in [6.45, 7) is 8.94. The van der Waals surface area contributed by atoms with Crippen LogP contribution in [0.4, 0.5) is 34.6 Å². The van der Waals surface area contributed by atoms with Crippen molar-refractivity contribution in [3.63, 3.8) is 0 Å². The van der Waals surface area contributed by atoms with E-state index in [1.165, 1.54) is 0 Å². The lowest BCUT2D eigenvalue weighted by Crippen LogP contribution is -2.36. The zero-order valence-corrected chi connectivity index (χ0v) is 32.9. The molecule has 0 radical (unpaired) electrons. The summed E-state index contributed by atoms with van der Waals surface area (Å²) in [7, 11) is 0. The molecule has 4 aliphatic rings. The highest BCUT2D eigenvalue weighted by atomic mass is 16.5. The van der Waals surface area contributed by atoms with E-state index in [1.807, 2.05) is 65.6 Å². The van der Waals surface area contributed by atoms with E-state index in [1.54, 1.807) is 43.0 Å². The van der Waals surface area contributed by atoms with E-state index in [0.717, 1.165) is 92.6 Å². The zero-order chi connectivity index (χ0) is 40.5. The zero-order valence-electron chi connectivity index (χ0n) is 32.9. The van der Waals surface area contributed by atoms with Crippen LogP contribution in [-0.4, -0.2) is 98.8 Å². The number of fused-ring (bicyclic) bond motifs is 2. The van der Waals surface area contributed by atoms with Gasteiger partial charge >= 0.3 is 0 Å². The van der Waals surface area contributed by atoms with E-state index >= 15 is 0 Å². The topological polar surface area (TPSA) is 144 Å². The van der Waals surface area contributed by atoms with Crippen molar-refractivity contribution in [2.24, 2.45) is 0 Å². The lowest BCUT2D eigenvalue weighted by atomic mass is 10.1. The summed E-state index contributed by atoms with van der Waals surface area (Å²) < 4.78 is 34.2. The number of nitriles is 1.